The van der Waals surface area contributed by atoms with Crippen LogP contribution in [0.4, 0.5) is 15.8 Å². The van der Waals surface area contributed by atoms with Gasteiger partial charge in [-0.15, -0.1) is 0 Å². The number of nitrogen functional groups attached to an aromatic ring is 1. The Bertz CT molecular complexity index is 367. The van der Waals surface area contributed by atoms with Crippen molar-refractivity contribution in [3.8, 4) is 0 Å². The van der Waals surface area contributed by atoms with Gasteiger partial charge in [0.1, 0.15) is 5.82 Å². The van der Waals surface area contributed by atoms with E-state index < -0.39 is 0 Å². The summed E-state index contributed by atoms with van der Waals surface area (Å²) in [7, 11) is 2.18. The van der Waals surface area contributed by atoms with Gasteiger partial charge in [0.2, 0.25) is 0 Å². The molecule has 1 aromatic rings. The van der Waals surface area contributed by atoms with Gasteiger partial charge in [0.15, 0.2) is 0 Å². The van der Waals surface area contributed by atoms with Crippen LogP contribution >= 0.6 is 0 Å². The third-order valence-corrected chi connectivity index (χ3v) is 3.15. The first-order valence-corrected chi connectivity index (χ1v) is 5.78. The zero-order valence-corrected chi connectivity index (χ0v) is 9.67. The first-order valence-electron chi connectivity index (χ1n) is 5.78. The maximum atomic E-state index is 13.7. The number of hydrogen-bond acceptors (Lipinski definition) is 2. The van der Waals surface area contributed by atoms with E-state index in [4.69, 9.17) is 5.73 Å². The molecular weight excluding hydrogens is 205 g/mol. The number of halogens is 1. The lowest BCUT2D eigenvalue weighted by molar-refractivity contribution is -0.876. The van der Waals surface area contributed by atoms with Gasteiger partial charge in [-0.25, -0.2) is 4.39 Å². The second-order valence-electron chi connectivity index (χ2n) is 4.51. The lowest BCUT2D eigenvalue weighted by Gasteiger charge is -2.22. The Morgan fingerprint density at radius 3 is 2.88 bits per heavy atom. The minimum absolute atomic E-state index is 0.209. The normalized spacial score (nSPS) is 21.9. The quantitative estimate of drug-likeness (QED) is 0.665. The first kappa shape index (κ1) is 11.2. The summed E-state index contributed by atoms with van der Waals surface area (Å²) >= 11 is 0. The van der Waals surface area contributed by atoms with E-state index in [1.807, 2.05) is 0 Å². The molecule has 0 aromatic heterocycles. The Hall–Kier alpha value is -1.29. The molecule has 0 bridgehead atoms. The summed E-state index contributed by atoms with van der Waals surface area (Å²) in [4.78, 5) is 3.63. The summed E-state index contributed by atoms with van der Waals surface area (Å²) in [6.45, 7) is 4.06. The Kier molecular flexibility index (Phi) is 3.29. The molecule has 16 heavy (non-hydrogen) atoms. The molecule has 3 nitrogen and oxygen atoms in total. The van der Waals surface area contributed by atoms with Gasteiger partial charge in [0.05, 0.1) is 32.4 Å². The van der Waals surface area contributed by atoms with Crippen molar-refractivity contribution >= 4 is 11.4 Å². The number of quaternary nitrogens is 1. The highest BCUT2D eigenvalue weighted by Crippen LogP contribution is 2.21. The Balaban J connectivity index is 2.16. The number of nitrogens with one attached hydrogen (secondary N) is 1. The highest BCUT2D eigenvalue weighted by molar-refractivity contribution is 5.54. The molecule has 1 unspecified atom stereocenters. The molecule has 2 rings (SSSR count). The fourth-order valence-corrected chi connectivity index (χ4v) is 2.15. The number of anilines is 2. The van der Waals surface area contributed by atoms with Crippen LogP contribution in [-0.2, 0) is 0 Å². The van der Waals surface area contributed by atoms with E-state index >= 15 is 0 Å². The molecule has 1 atom stereocenters. The summed E-state index contributed by atoms with van der Waals surface area (Å²) in [5, 5.41) is 0. The molecule has 4 heteroatoms. The molecule has 1 aromatic carbocycles. The topological polar surface area (TPSA) is 33.7 Å². The molecule has 1 aliphatic heterocycles. The van der Waals surface area contributed by atoms with Crippen LogP contribution in [0.15, 0.2) is 18.2 Å². The molecule has 0 saturated carbocycles. The van der Waals surface area contributed by atoms with E-state index in [1.54, 1.807) is 12.1 Å². The zero-order chi connectivity index (χ0) is 11.5. The minimum Gasteiger partial charge on any atom is -0.399 e. The van der Waals surface area contributed by atoms with E-state index in [0.717, 1.165) is 32.6 Å². The standard InChI is InChI=1S/C12H18FN3/c1-15-5-2-6-16(8-7-15)12-4-3-10(14)9-11(12)13/h3-4,9H,2,5-8,14H2,1H3/p+1. The maximum absolute atomic E-state index is 13.7. The van der Waals surface area contributed by atoms with Gasteiger partial charge in [-0.1, -0.05) is 0 Å². The molecular formula is C12H19FN3+. The number of benzene rings is 1. The number of rotatable bonds is 1. The summed E-state index contributed by atoms with van der Waals surface area (Å²) < 4.78 is 13.7. The van der Waals surface area contributed by atoms with Crippen molar-refractivity contribution in [1.29, 1.82) is 0 Å². The van der Waals surface area contributed by atoms with Gasteiger partial charge in [0, 0.05) is 18.7 Å². The molecule has 0 aliphatic carbocycles. The number of likely N-dealkylation sites (N-methyl/N-ethyl adjacent to an activating group) is 1. The summed E-state index contributed by atoms with van der Waals surface area (Å²) in [6.07, 6.45) is 1.11. The maximum Gasteiger partial charge on any atom is 0.148 e. The summed E-state index contributed by atoms with van der Waals surface area (Å²) in [5.41, 5.74) is 6.72. The molecule has 1 aliphatic rings. The predicted octanol–water partition coefficient (Wildman–Crippen LogP) is 0.133. The molecule has 1 heterocycles. The van der Waals surface area contributed by atoms with Crippen LogP contribution in [0.2, 0.25) is 0 Å². The van der Waals surface area contributed by atoms with Crippen molar-refractivity contribution in [2.45, 2.75) is 6.42 Å². The van der Waals surface area contributed by atoms with Crippen LogP contribution in [0.3, 0.4) is 0 Å². The average molecular weight is 224 g/mol. The van der Waals surface area contributed by atoms with Gasteiger partial charge >= 0.3 is 0 Å². The summed E-state index contributed by atoms with van der Waals surface area (Å²) in [6, 6.07) is 4.95. The number of nitrogens with two attached hydrogens (primary N) is 1. The zero-order valence-electron chi connectivity index (χ0n) is 9.67. The molecule has 0 amide bonds. The van der Waals surface area contributed by atoms with Crippen LogP contribution in [0.1, 0.15) is 6.42 Å². The fourth-order valence-electron chi connectivity index (χ4n) is 2.15. The SMILES string of the molecule is C[NH+]1CCCN(c2ccc(N)cc2F)CC1. The van der Waals surface area contributed by atoms with Crippen molar-refractivity contribution < 1.29 is 9.29 Å². The lowest BCUT2D eigenvalue weighted by Crippen LogP contribution is -3.09. The van der Waals surface area contributed by atoms with Crippen LogP contribution in [0.5, 0.6) is 0 Å². The first-order chi connectivity index (χ1) is 7.66. The Morgan fingerprint density at radius 1 is 1.31 bits per heavy atom. The predicted molar refractivity (Wildman–Crippen MR) is 64.3 cm³/mol. The van der Waals surface area contributed by atoms with Crippen LogP contribution < -0.4 is 15.5 Å². The summed E-state index contributed by atoms with van der Waals surface area (Å²) in [5.74, 6) is -0.209. The molecule has 3 N–H and O–H groups in total. The van der Waals surface area contributed by atoms with Crippen molar-refractivity contribution in [2.75, 3.05) is 43.9 Å². The van der Waals surface area contributed by atoms with E-state index in [1.165, 1.54) is 11.0 Å². The largest absolute Gasteiger partial charge is 0.399 e. The Labute approximate surface area is 95.6 Å². The number of nitrogens with zero attached hydrogens (tertiary/aromatic N) is 1. The van der Waals surface area contributed by atoms with E-state index in [-0.39, 0.29) is 5.82 Å². The van der Waals surface area contributed by atoms with Crippen LogP contribution in [0, 0.1) is 5.82 Å². The minimum atomic E-state index is -0.209. The van der Waals surface area contributed by atoms with E-state index in [0.29, 0.717) is 11.4 Å². The number of hydrogen-bond donors (Lipinski definition) is 2. The second-order valence-corrected chi connectivity index (χ2v) is 4.51. The van der Waals surface area contributed by atoms with Crippen molar-refractivity contribution in [3.63, 3.8) is 0 Å². The van der Waals surface area contributed by atoms with Crippen molar-refractivity contribution in [1.82, 2.24) is 0 Å². The average Bonchev–Trinajstić information content (AvgIpc) is 2.43. The molecule has 1 fully saturated rings. The smallest absolute Gasteiger partial charge is 0.148 e. The van der Waals surface area contributed by atoms with E-state index in [2.05, 4.69) is 11.9 Å². The second kappa shape index (κ2) is 4.70. The monoisotopic (exact) mass is 224 g/mol. The molecule has 0 spiro atoms. The van der Waals surface area contributed by atoms with Gasteiger partial charge in [-0.3, -0.25) is 0 Å². The van der Waals surface area contributed by atoms with Gasteiger partial charge in [0.25, 0.3) is 0 Å². The third kappa shape index (κ3) is 2.44. The van der Waals surface area contributed by atoms with Gasteiger partial charge in [-0.2, -0.15) is 0 Å². The lowest BCUT2D eigenvalue weighted by atomic mass is 10.2. The highest BCUT2D eigenvalue weighted by atomic mass is 19.1. The molecule has 1 saturated heterocycles. The van der Waals surface area contributed by atoms with Gasteiger partial charge < -0.3 is 15.5 Å². The fraction of sp³-hybridized carbons (Fsp3) is 0.500. The van der Waals surface area contributed by atoms with Crippen molar-refractivity contribution in [2.24, 2.45) is 0 Å². The Morgan fingerprint density at radius 2 is 2.12 bits per heavy atom. The molecule has 0 radical (unpaired) electrons. The highest BCUT2D eigenvalue weighted by Gasteiger charge is 2.17. The van der Waals surface area contributed by atoms with Crippen molar-refractivity contribution in [3.05, 3.63) is 24.0 Å². The van der Waals surface area contributed by atoms with Crippen LogP contribution in [0.25, 0.3) is 0 Å². The third-order valence-electron chi connectivity index (χ3n) is 3.15. The van der Waals surface area contributed by atoms with E-state index in [9.17, 15) is 4.39 Å². The van der Waals surface area contributed by atoms with Crippen LogP contribution in [-0.4, -0.2) is 33.2 Å². The van der Waals surface area contributed by atoms with Gasteiger partial charge in [-0.05, 0) is 18.2 Å². The molecule has 88 valence electrons.